The molecule has 0 N–H and O–H groups in total. The molecule has 0 nitrogen and oxygen atoms in total. The van der Waals surface area contributed by atoms with Gasteiger partial charge in [-0.25, -0.2) is 0 Å². The summed E-state index contributed by atoms with van der Waals surface area (Å²) in [5.41, 5.74) is 13.9. The number of hydrogen-bond donors (Lipinski definition) is 1. The van der Waals surface area contributed by atoms with E-state index in [2.05, 4.69) is 171 Å². The van der Waals surface area contributed by atoms with E-state index in [4.69, 9.17) is 12.6 Å². The Morgan fingerprint density at radius 2 is 1.22 bits per heavy atom. The summed E-state index contributed by atoms with van der Waals surface area (Å²) in [6, 6.07) is 56.5. The Morgan fingerprint density at radius 1 is 0.540 bits per heavy atom. The highest BCUT2D eigenvalue weighted by molar-refractivity contribution is 7.80. The van der Waals surface area contributed by atoms with Gasteiger partial charge in [0.2, 0.25) is 0 Å². The standard InChI is InChI=1S/C49H34S/c1-2-13-33(35-16-9-11-23-46(35)50)25-24-31-28-41-37-18-7-6-17-36(37)39-20-12-22-44-47(39)48(41)45(29-31)49(44)42-21-10-8-19-38(42)40-30-34(26-27-43(40)49)32-14-4-3-5-15-32/h2-23,25-30,50H,24H2,1H3/b13-2-,33-25+. The van der Waals surface area contributed by atoms with Crippen molar-refractivity contribution >= 4 is 50.5 Å². The van der Waals surface area contributed by atoms with Gasteiger partial charge >= 0.3 is 0 Å². The predicted molar refractivity (Wildman–Crippen MR) is 215 cm³/mol. The number of hydrogen-bond acceptors (Lipinski definition) is 1. The van der Waals surface area contributed by atoms with Crippen LogP contribution in [0.4, 0.5) is 0 Å². The van der Waals surface area contributed by atoms with Crippen LogP contribution in [-0.2, 0) is 11.8 Å². The van der Waals surface area contributed by atoms with Gasteiger partial charge in [-0.1, -0.05) is 158 Å². The fourth-order valence-electron chi connectivity index (χ4n) is 9.12. The molecule has 0 fully saturated rings. The molecule has 0 saturated heterocycles. The predicted octanol–water partition coefficient (Wildman–Crippen LogP) is 13.0. The van der Waals surface area contributed by atoms with Crippen molar-refractivity contribution in [2.75, 3.05) is 0 Å². The maximum Gasteiger partial charge on any atom is 0.0726 e. The van der Waals surface area contributed by atoms with Crippen LogP contribution >= 0.6 is 12.6 Å². The van der Waals surface area contributed by atoms with Crippen LogP contribution < -0.4 is 0 Å². The van der Waals surface area contributed by atoms with E-state index in [-0.39, 0.29) is 0 Å². The maximum absolute atomic E-state index is 4.83. The average Bonchev–Trinajstić information content (AvgIpc) is 3.64. The normalized spacial score (nSPS) is 16.0. The van der Waals surface area contributed by atoms with E-state index < -0.39 is 5.41 Å². The van der Waals surface area contributed by atoms with Gasteiger partial charge in [-0.2, -0.15) is 0 Å². The van der Waals surface area contributed by atoms with Crippen LogP contribution in [0.3, 0.4) is 0 Å². The Kier molecular flexibility index (Phi) is 6.56. The van der Waals surface area contributed by atoms with E-state index in [9.17, 15) is 0 Å². The van der Waals surface area contributed by atoms with Gasteiger partial charge in [-0.05, 0) is 119 Å². The van der Waals surface area contributed by atoms with E-state index in [1.807, 2.05) is 6.07 Å². The zero-order chi connectivity index (χ0) is 33.4. The molecule has 0 radical (unpaired) electrons. The van der Waals surface area contributed by atoms with Crippen LogP contribution in [0.2, 0.25) is 0 Å². The van der Waals surface area contributed by atoms with Gasteiger partial charge in [-0.15, -0.1) is 12.6 Å². The van der Waals surface area contributed by atoms with E-state index in [1.54, 1.807) is 0 Å². The number of fused-ring (bicyclic) bond motifs is 10. The summed E-state index contributed by atoms with van der Waals surface area (Å²) < 4.78 is 0. The lowest BCUT2D eigenvalue weighted by molar-refractivity contribution is 0.795. The second kappa shape index (κ2) is 11.2. The van der Waals surface area contributed by atoms with Gasteiger partial charge in [0.05, 0.1) is 5.41 Å². The molecule has 1 unspecified atom stereocenters. The van der Waals surface area contributed by atoms with Gasteiger partial charge < -0.3 is 0 Å². The van der Waals surface area contributed by atoms with Crippen molar-refractivity contribution in [3.05, 3.63) is 203 Å². The summed E-state index contributed by atoms with van der Waals surface area (Å²) in [4.78, 5) is 0.991. The fourth-order valence-corrected chi connectivity index (χ4v) is 9.41. The summed E-state index contributed by atoms with van der Waals surface area (Å²) in [7, 11) is 0. The van der Waals surface area contributed by atoms with Crippen LogP contribution in [0, 0.1) is 0 Å². The molecular weight excluding hydrogens is 621 g/mol. The van der Waals surface area contributed by atoms with E-state index >= 15 is 0 Å². The van der Waals surface area contributed by atoms with Crippen LogP contribution in [0.15, 0.2) is 175 Å². The molecule has 50 heavy (non-hydrogen) atoms. The van der Waals surface area contributed by atoms with Crippen molar-refractivity contribution in [2.24, 2.45) is 0 Å². The van der Waals surface area contributed by atoms with Gasteiger partial charge in [0.25, 0.3) is 0 Å². The Balaban J connectivity index is 1.29. The van der Waals surface area contributed by atoms with Crippen molar-refractivity contribution in [3.8, 4) is 22.3 Å². The van der Waals surface area contributed by atoms with Crippen LogP contribution in [0.25, 0.3) is 60.1 Å². The summed E-state index contributed by atoms with van der Waals surface area (Å²) in [6.07, 6.45) is 7.52. The van der Waals surface area contributed by atoms with Crippen molar-refractivity contribution in [2.45, 2.75) is 23.7 Å². The van der Waals surface area contributed by atoms with Crippen molar-refractivity contribution in [1.29, 1.82) is 0 Å². The van der Waals surface area contributed by atoms with Crippen LogP contribution in [0.1, 0.15) is 40.3 Å². The Labute approximate surface area is 298 Å². The van der Waals surface area contributed by atoms with Gasteiger partial charge in [0.1, 0.15) is 0 Å². The molecule has 1 spiro atoms. The summed E-state index contributed by atoms with van der Waals surface area (Å²) in [5.74, 6) is 0. The summed E-state index contributed by atoms with van der Waals surface area (Å²) in [6.45, 7) is 2.09. The maximum atomic E-state index is 4.83. The molecule has 8 aromatic carbocycles. The van der Waals surface area contributed by atoms with Gasteiger partial charge in [-0.3, -0.25) is 0 Å². The molecular formula is C49H34S. The van der Waals surface area contributed by atoms with Gasteiger partial charge in [0, 0.05) is 4.90 Å². The highest BCUT2D eigenvalue weighted by Gasteiger charge is 2.51. The minimum atomic E-state index is -0.414. The van der Waals surface area contributed by atoms with Gasteiger partial charge in [0.15, 0.2) is 0 Å². The number of thiol groups is 1. The number of benzene rings is 8. The lowest BCUT2D eigenvalue weighted by atomic mass is 9.69. The van der Waals surface area contributed by atoms with Crippen molar-refractivity contribution in [1.82, 2.24) is 0 Å². The first-order chi connectivity index (χ1) is 24.7. The summed E-state index contributed by atoms with van der Waals surface area (Å²) in [5, 5.41) is 8.10. The third kappa shape index (κ3) is 4.02. The zero-order valence-corrected chi connectivity index (χ0v) is 28.7. The highest BCUT2D eigenvalue weighted by atomic mass is 32.1. The second-order valence-electron chi connectivity index (χ2n) is 13.6. The topological polar surface area (TPSA) is 0 Å². The molecule has 10 rings (SSSR count). The third-order valence-corrected chi connectivity index (χ3v) is 11.5. The fraction of sp³-hybridized carbons (Fsp3) is 0.0612. The molecule has 0 saturated carbocycles. The molecule has 2 aliphatic carbocycles. The average molecular weight is 655 g/mol. The first-order valence-electron chi connectivity index (χ1n) is 17.5. The van der Waals surface area contributed by atoms with E-state index in [0.29, 0.717) is 0 Å². The zero-order valence-electron chi connectivity index (χ0n) is 27.8. The quantitative estimate of drug-likeness (QED) is 0.107. The molecule has 0 aromatic heterocycles. The smallest absolute Gasteiger partial charge is 0.0726 e. The Hall–Kier alpha value is -5.63. The summed E-state index contributed by atoms with van der Waals surface area (Å²) >= 11 is 4.83. The molecule has 0 amide bonds. The molecule has 1 heteroatoms. The number of allylic oxidation sites excluding steroid dienone is 4. The molecule has 0 bridgehead atoms. The third-order valence-electron chi connectivity index (χ3n) is 11.1. The van der Waals surface area contributed by atoms with Crippen LogP contribution in [-0.4, -0.2) is 0 Å². The SMILES string of the molecule is C/C=C\C(=C/Cc1cc2c3c(c1)c1ccccc1c1cccc(c13)C21c2ccccc2-c2cc(-c3ccccc3)ccc21)c1ccccc1S. The molecule has 0 aliphatic heterocycles. The van der Waals surface area contributed by atoms with Crippen molar-refractivity contribution in [3.63, 3.8) is 0 Å². The lowest BCUT2D eigenvalue weighted by Gasteiger charge is -2.31. The first kappa shape index (κ1) is 29.3. The van der Waals surface area contributed by atoms with E-state index in [0.717, 1.165) is 16.9 Å². The molecule has 236 valence electrons. The minimum Gasteiger partial charge on any atom is -0.143 e. The lowest BCUT2D eigenvalue weighted by Crippen LogP contribution is -2.26. The Morgan fingerprint density at radius 3 is 2.06 bits per heavy atom. The monoisotopic (exact) mass is 654 g/mol. The largest absolute Gasteiger partial charge is 0.143 e. The second-order valence-corrected chi connectivity index (χ2v) is 14.1. The first-order valence-corrected chi connectivity index (χ1v) is 18.0. The van der Waals surface area contributed by atoms with Crippen LogP contribution in [0.5, 0.6) is 0 Å². The highest BCUT2D eigenvalue weighted by Crippen LogP contribution is 2.63. The molecule has 8 aromatic rings. The van der Waals surface area contributed by atoms with Crippen molar-refractivity contribution < 1.29 is 0 Å². The molecule has 0 heterocycles. The van der Waals surface area contributed by atoms with E-state index in [1.165, 1.54) is 88.0 Å². The minimum absolute atomic E-state index is 0.414. The molecule has 1 atom stereocenters. The Bertz CT molecular complexity index is 2750. The molecule has 2 aliphatic rings. The number of rotatable bonds is 5.